The van der Waals surface area contributed by atoms with Crippen molar-refractivity contribution in [1.82, 2.24) is 14.1 Å². The van der Waals surface area contributed by atoms with E-state index in [0.29, 0.717) is 22.7 Å². The monoisotopic (exact) mass is 999 g/mol. The van der Waals surface area contributed by atoms with Crippen molar-refractivity contribution in [2.24, 2.45) is 0 Å². The fraction of sp³-hybridized carbons (Fsp3) is 0.0526. The third-order valence-electron chi connectivity index (χ3n) is 11.3. The molecule has 5 nitrogen and oxygen atoms in total. The Morgan fingerprint density at radius 3 is 2.02 bits per heavy atom. The van der Waals surface area contributed by atoms with E-state index in [-0.39, 0.29) is 43.6 Å². The van der Waals surface area contributed by atoms with Crippen molar-refractivity contribution in [3.63, 3.8) is 0 Å². The summed E-state index contributed by atoms with van der Waals surface area (Å²) in [6, 6.07) is 54.0. The summed E-state index contributed by atoms with van der Waals surface area (Å²) >= 11 is 0. The zero-order valence-electron chi connectivity index (χ0n) is 42.0. The maximum Gasteiger partial charge on any atom is 0.268 e. The Hall–Kier alpha value is -7.33. The van der Waals surface area contributed by atoms with E-state index in [9.17, 15) is 0 Å². The van der Waals surface area contributed by atoms with Crippen LogP contribution in [0, 0.1) is 39.2 Å². The van der Waals surface area contributed by atoms with Crippen molar-refractivity contribution in [2.75, 3.05) is 0 Å². The van der Waals surface area contributed by atoms with Crippen molar-refractivity contribution in [3.8, 4) is 62.1 Å². The Morgan fingerprint density at radius 1 is 0.619 bits per heavy atom. The van der Waals surface area contributed by atoms with E-state index in [0.717, 1.165) is 66.4 Å². The smallest absolute Gasteiger partial charge is 0.268 e. The number of hydrogen-bond acceptors (Lipinski definition) is 2. The second-order valence-corrected chi connectivity index (χ2v) is 15.1. The summed E-state index contributed by atoms with van der Waals surface area (Å²) in [4.78, 5) is 4.70. The van der Waals surface area contributed by atoms with E-state index in [4.69, 9.17) is 20.7 Å². The van der Waals surface area contributed by atoms with Gasteiger partial charge in [-0.2, -0.15) is 18.2 Å². The molecule has 0 aliphatic carbocycles. The van der Waals surface area contributed by atoms with Crippen molar-refractivity contribution < 1.29 is 41.3 Å². The van der Waals surface area contributed by atoms with Gasteiger partial charge >= 0.3 is 0 Å². The van der Waals surface area contributed by atoms with Gasteiger partial charge < -0.3 is 13.9 Å². The summed E-state index contributed by atoms with van der Waals surface area (Å²) in [5.74, 6) is 1.01. The molecule has 6 heteroatoms. The third-order valence-corrected chi connectivity index (χ3v) is 11.3. The number of pyridine rings is 1. The first kappa shape index (κ1) is 31.5. The number of hydrogen-bond donors (Lipinski definition) is 0. The number of fused-ring (bicyclic) bond motifs is 4. The van der Waals surface area contributed by atoms with Crippen LogP contribution in [0.2, 0.25) is 0 Å². The molecule has 0 bridgehead atoms. The fourth-order valence-corrected chi connectivity index (χ4v) is 8.60. The standard InChI is InChI=1S/C57H40N4O.Pt/c1-38-33-54(58-36-49(38)41-18-7-4-8-19-41)61-50-27-14-13-26-47(50)48-31-30-46(35-53(48)61)62-45-25-17-24-44(34-45)59-37-60(52-29-16-15-28-51(52)59)57-55(42-20-9-5-10-21-42)39(2)32-40(3)56(57)43-22-11-6-12-23-43;/h4-33,36H,1-3H3;/q-2;/i1D3,4D,7D,8D,18D,19D;. The van der Waals surface area contributed by atoms with Crippen LogP contribution < -0.4 is 9.30 Å². The Kier molecular flexibility index (Phi) is 8.25. The topological polar surface area (TPSA) is 35.9 Å². The minimum Gasteiger partial charge on any atom is -0.510 e. The molecule has 63 heavy (non-hydrogen) atoms. The predicted octanol–water partition coefficient (Wildman–Crippen LogP) is 13.5. The van der Waals surface area contributed by atoms with E-state index in [1.54, 1.807) is 4.57 Å². The van der Waals surface area contributed by atoms with Crippen LogP contribution in [0.5, 0.6) is 11.5 Å². The molecule has 0 aliphatic rings. The molecular weight excluding hydrogens is 952 g/mol. The van der Waals surface area contributed by atoms with Crippen LogP contribution in [0.3, 0.4) is 0 Å². The summed E-state index contributed by atoms with van der Waals surface area (Å²) in [7, 11) is 0. The van der Waals surface area contributed by atoms with Gasteiger partial charge in [0.1, 0.15) is 5.82 Å². The zero-order chi connectivity index (χ0) is 48.6. The average Bonchev–Trinajstić information content (AvgIpc) is 3.91. The van der Waals surface area contributed by atoms with Crippen LogP contribution in [0.15, 0.2) is 188 Å². The molecule has 8 aromatic carbocycles. The molecule has 0 saturated carbocycles. The molecule has 0 fully saturated rings. The second-order valence-electron chi connectivity index (χ2n) is 15.1. The number of rotatable bonds is 8. The van der Waals surface area contributed by atoms with Gasteiger partial charge in [-0.05, 0) is 88.4 Å². The van der Waals surface area contributed by atoms with Gasteiger partial charge in [-0.25, -0.2) is 4.98 Å². The molecule has 306 valence electrons. The quantitative estimate of drug-likeness (QED) is 0.112. The van der Waals surface area contributed by atoms with Gasteiger partial charge in [-0.1, -0.05) is 145 Å². The average molecular weight is 1000 g/mol. The molecule has 0 N–H and O–H groups in total. The summed E-state index contributed by atoms with van der Waals surface area (Å²) < 4.78 is 80.0. The van der Waals surface area contributed by atoms with Crippen LogP contribution in [0.4, 0.5) is 0 Å². The fourth-order valence-electron chi connectivity index (χ4n) is 8.60. The van der Waals surface area contributed by atoms with E-state index in [1.165, 1.54) is 12.3 Å². The first-order chi connectivity index (χ1) is 33.8. The molecule has 0 aliphatic heterocycles. The molecular formula is C57H40N4OPt-2. The molecule has 11 rings (SSSR count). The Bertz CT molecular complexity index is 3800. The molecule has 11 aromatic rings. The van der Waals surface area contributed by atoms with Crippen LogP contribution in [-0.4, -0.2) is 14.1 Å². The van der Waals surface area contributed by atoms with Gasteiger partial charge in [-0.15, -0.1) is 29.7 Å². The maximum atomic E-state index is 8.61. The first-order valence-corrected chi connectivity index (χ1v) is 20.2. The Labute approximate surface area is 392 Å². The summed E-state index contributed by atoms with van der Waals surface area (Å²) in [6.45, 7) is 1.57. The Morgan fingerprint density at radius 2 is 1.29 bits per heavy atom. The summed E-state index contributed by atoms with van der Waals surface area (Å²) in [5.41, 5.74) is 11.0. The van der Waals surface area contributed by atoms with E-state index in [1.807, 2.05) is 83.4 Å². The maximum absolute atomic E-state index is 8.61. The van der Waals surface area contributed by atoms with E-state index >= 15 is 0 Å². The van der Waals surface area contributed by atoms with Crippen molar-refractivity contribution in [2.45, 2.75) is 20.7 Å². The van der Waals surface area contributed by atoms with Gasteiger partial charge in [-0.3, -0.25) is 4.57 Å². The van der Waals surface area contributed by atoms with E-state index in [2.05, 4.69) is 104 Å². The van der Waals surface area contributed by atoms with Crippen molar-refractivity contribution in [3.05, 3.63) is 223 Å². The number of imidazole rings is 1. The van der Waals surface area contributed by atoms with Crippen LogP contribution >= 0.6 is 0 Å². The van der Waals surface area contributed by atoms with Gasteiger partial charge in [0.05, 0.1) is 23.6 Å². The predicted molar refractivity (Wildman–Crippen MR) is 250 cm³/mol. The second kappa shape index (κ2) is 16.5. The number of benzene rings is 8. The van der Waals surface area contributed by atoms with Gasteiger partial charge in [0.2, 0.25) is 0 Å². The molecule has 0 radical (unpaired) electrons. The zero-order valence-corrected chi connectivity index (χ0v) is 36.3. The van der Waals surface area contributed by atoms with Gasteiger partial charge in [0, 0.05) is 54.0 Å². The SMILES string of the molecule is [2H]c1c([2H])c([2H])c(-c2cnc(-n3c4[c-]c(Oc5[c-]c(-n6[c-][n+](-c7c(-c8ccccc8)c(C)cc(C)c7-c7ccccc7)c7ccccc76)ccc5)ccc4c4ccccc43)cc2C([2H])([2H])[2H])c([2H])c1[2H].[Pt]. The van der Waals surface area contributed by atoms with Crippen LogP contribution in [0.25, 0.3) is 83.4 Å². The third kappa shape index (κ3) is 7.05. The summed E-state index contributed by atoms with van der Waals surface area (Å²) in [5, 5.41) is 1.67. The number of nitrogens with zero attached hydrogens (tertiary/aromatic N) is 4. The minimum atomic E-state index is -2.75. The Balaban J connectivity index is 0.00000582. The molecule has 0 spiro atoms. The number of para-hydroxylation sites is 3. The first-order valence-electron chi connectivity index (χ1n) is 24.2. The molecule has 0 unspecified atom stereocenters. The molecule has 3 heterocycles. The largest absolute Gasteiger partial charge is 0.510 e. The number of aryl methyl sites for hydroxylation is 3. The number of ether oxygens (including phenoxy) is 1. The molecule has 0 atom stereocenters. The molecule has 0 saturated heterocycles. The van der Waals surface area contributed by atoms with Crippen molar-refractivity contribution >= 4 is 32.8 Å². The molecule has 3 aromatic heterocycles. The normalized spacial score (nSPS) is 13.3. The minimum absolute atomic E-state index is 0. The molecule has 0 amide bonds. The summed E-state index contributed by atoms with van der Waals surface area (Å²) in [6.07, 6.45) is 5.00. The number of aromatic nitrogens is 4. The van der Waals surface area contributed by atoms with Crippen molar-refractivity contribution in [1.29, 1.82) is 0 Å². The van der Waals surface area contributed by atoms with Gasteiger partial charge in [0.15, 0.2) is 0 Å². The van der Waals surface area contributed by atoms with Gasteiger partial charge in [0.25, 0.3) is 6.33 Å². The van der Waals surface area contributed by atoms with E-state index < -0.39 is 37.1 Å². The van der Waals surface area contributed by atoms with Crippen LogP contribution in [0.1, 0.15) is 27.7 Å². The van der Waals surface area contributed by atoms with Crippen LogP contribution in [-0.2, 0) is 21.1 Å².